The Morgan fingerprint density at radius 3 is 2.59 bits per heavy atom. The van der Waals surface area contributed by atoms with Crippen LogP contribution in [0.25, 0.3) is 28.1 Å². The third-order valence-corrected chi connectivity index (χ3v) is 7.34. The van der Waals surface area contributed by atoms with Crippen LogP contribution in [0.5, 0.6) is 0 Å². The van der Waals surface area contributed by atoms with Crippen LogP contribution in [0.2, 0.25) is 0 Å². The minimum absolute atomic E-state index is 0.122. The van der Waals surface area contributed by atoms with Gasteiger partial charge in [0.1, 0.15) is 11.6 Å². The number of aromatic nitrogens is 6. The molecule has 39 heavy (non-hydrogen) atoms. The quantitative estimate of drug-likeness (QED) is 0.359. The molecule has 2 aromatic carbocycles. The first-order chi connectivity index (χ1) is 18.8. The van der Waals surface area contributed by atoms with Gasteiger partial charge >= 0.3 is 5.69 Å². The van der Waals surface area contributed by atoms with Crippen molar-refractivity contribution >= 4 is 10.9 Å². The molecule has 202 valence electrons. The number of imidazole rings is 1. The molecular weight excluding hydrogens is 504 g/mol. The van der Waals surface area contributed by atoms with Crippen molar-refractivity contribution in [3.05, 3.63) is 87.4 Å². The molecule has 1 aliphatic heterocycles. The lowest BCUT2D eigenvalue weighted by Crippen LogP contribution is -2.34. The van der Waals surface area contributed by atoms with Crippen molar-refractivity contribution in [1.82, 2.24) is 34.0 Å². The van der Waals surface area contributed by atoms with Gasteiger partial charge in [0.15, 0.2) is 5.82 Å². The third kappa shape index (κ3) is 4.00. The smallest absolute Gasteiger partial charge is 0.338 e. The van der Waals surface area contributed by atoms with Gasteiger partial charge < -0.3 is 10.1 Å². The lowest BCUT2D eigenvalue weighted by molar-refractivity contribution is 0.121. The van der Waals surface area contributed by atoms with Gasteiger partial charge in [-0.05, 0) is 56.2 Å². The molecule has 0 saturated heterocycles. The fourth-order valence-electron chi connectivity index (χ4n) is 5.40. The summed E-state index contributed by atoms with van der Waals surface area (Å²) in [6, 6.07) is 6.53. The van der Waals surface area contributed by atoms with E-state index in [-0.39, 0.29) is 17.5 Å². The first-order valence-electron chi connectivity index (χ1n) is 12.9. The Labute approximate surface area is 223 Å². The number of hydrogen-bond donors (Lipinski definition) is 1. The van der Waals surface area contributed by atoms with E-state index >= 15 is 4.39 Å². The van der Waals surface area contributed by atoms with Crippen LogP contribution < -0.4 is 11.0 Å². The molecule has 9 nitrogen and oxygen atoms in total. The van der Waals surface area contributed by atoms with Gasteiger partial charge in [-0.25, -0.2) is 18.3 Å². The number of aryl methyl sites for hydroxylation is 3. The molecule has 0 amide bonds. The summed E-state index contributed by atoms with van der Waals surface area (Å²) < 4.78 is 41.8. The predicted octanol–water partition coefficient (Wildman–Crippen LogP) is 3.82. The predicted molar refractivity (Wildman–Crippen MR) is 143 cm³/mol. The van der Waals surface area contributed by atoms with Crippen LogP contribution in [0.15, 0.2) is 47.7 Å². The average Bonchev–Trinajstić information content (AvgIpc) is 3.61. The number of ether oxygens (including phenoxy) is 1. The van der Waals surface area contributed by atoms with Crippen LogP contribution in [-0.4, -0.2) is 48.5 Å². The summed E-state index contributed by atoms with van der Waals surface area (Å²) in [7, 11) is 1.74. The molecule has 3 aromatic heterocycles. The number of benzene rings is 2. The molecule has 1 atom stereocenters. The fourth-order valence-corrected chi connectivity index (χ4v) is 5.40. The van der Waals surface area contributed by atoms with Gasteiger partial charge in [0.05, 0.1) is 46.8 Å². The van der Waals surface area contributed by atoms with E-state index in [2.05, 4.69) is 10.4 Å². The van der Waals surface area contributed by atoms with E-state index < -0.39 is 11.5 Å². The number of nitrogens with zero attached hydrogens (tertiary/aromatic N) is 6. The number of fused-ring (bicyclic) bond motifs is 2. The molecule has 0 radical (unpaired) electrons. The molecule has 1 N–H and O–H groups in total. The van der Waals surface area contributed by atoms with Gasteiger partial charge in [-0.15, -0.1) is 0 Å². The summed E-state index contributed by atoms with van der Waals surface area (Å²) in [6.07, 6.45) is 5.25. The first kappa shape index (κ1) is 25.2. The second-order valence-electron chi connectivity index (χ2n) is 9.83. The zero-order chi connectivity index (χ0) is 27.4. The number of halogens is 2. The topological polar surface area (TPSA) is 83.8 Å². The maximum Gasteiger partial charge on any atom is 0.338 e. The Morgan fingerprint density at radius 2 is 1.85 bits per heavy atom. The molecule has 4 heterocycles. The van der Waals surface area contributed by atoms with Crippen molar-refractivity contribution in [3.63, 3.8) is 0 Å². The number of hydrogen-bond acceptors (Lipinski definition) is 5. The van der Waals surface area contributed by atoms with Crippen molar-refractivity contribution < 1.29 is 13.5 Å². The molecule has 11 heteroatoms. The van der Waals surface area contributed by atoms with Gasteiger partial charge in [0.25, 0.3) is 0 Å². The number of nitrogens with one attached hydrogen (secondary N) is 1. The van der Waals surface area contributed by atoms with Crippen LogP contribution >= 0.6 is 0 Å². The highest BCUT2D eigenvalue weighted by molar-refractivity contribution is 5.81. The largest absolute Gasteiger partial charge is 0.380 e. The second-order valence-corrected chi connectivity index (χ2v) is 9.83. The SMILES string of the molecule is CCOC[C@@H]1NCCc2nn(-c3cc(C)c(F)c(C)c3)c(-n3ccn(-c4ccc5c(cnn5C)c4F)c3=O)c21. The van der Waals surface area contributed by atoms with Gasteiger partial charge in [-0.2, -0.15) is 10.2 Å². The van der Waals surface area contributed by atoms with Crippen LogP contribution in [0, 0.1) is 25.5 Å². The average molecular weight is 534 g/mol. The Balaban J connectivity index is 1.58. The first-order valence-corrected chi connectivity index (χ1v) is 12.9. The highest BCUT2D eigenvalue weighted by Gasteiger charge is 2.31. The van der Waals surface area contributed by atoms with E-state index in [1.807, 2.05) is 6.92 Å². The summed E-state index contributed by atoms with van der Waals surface area (Å²) >= 11 is 0. The molecule has 5 aromatic rings. The Kier molecular flexibility index (Phi) is 6.19. The lowest BCUT2D eigenvalue weighted by atomic mass is 10.0. The molecule has 1 aliphatic rings. The monoisotopic (exact) mass is 533 g/mol. The zero-order valence-corrected chi connectivity index (χ0v) is 22.2. The molecule has 0 aliphatic carbocycles. The third-order valence-electron chi connectivity index (χ3n) is 7.34. The normalized spacial score (nSPS) is 15.3. The maximum absolute atomic E-state index is 15.5. The van der Waals surface area contributed by atoms with E-state index in [1.165, 1.54) is 15.3 Å². The standard InChI is InChI=1S/C28H29F2N7O2/c1-5-39-15-21-24-20(8-9-31-21)33-37(18-12-16(2)25(29)17(3)13-18)27(24)36-11-10-35(28(36)38)23-7-6-22-19(26(23)30)14-32-34(22)4/h6-7,10-14,21,31H,5,8-9,15H2,1-4H3/t21-/m0/s1. The van der Waals surface area contributed by atoms with E-state index in [0.717, 1.165) is 11.3 Å². The highest BCUT2D eigenvalue weighted by atomic mass is 19.1. The summed E-state index contributed by atoms with van der Waals surface area (Å²) in [6.45, 7) is 6.97. The van der Waals surface area contributed by atoms with Crippen molar-refractivity contribution in [2.24, 2.45) is 7.05 Å². The Morgan fingerprint density at radius 1 is 1.10 bits per heavy atom. The van der Waals surface area contributed by atoms with E-state index in [0.29, 0.717) is 59.7 Å². The van der Waals surface area contributed by atoms with Crippen LogP contribution in [0.3, 0.4) is 0 Å². The minimum atomic E-state index is -0.531. The van der Waals surface area contributed by atoms with Crippen molar-refractivity contribution in [1.29, 1.82) is 0 Å². The fraction of sp³-hybridized carbons (Fsp3) is 0.321. The molecule has 0 fully saturated rings. The Bertz CT molecular complexity index is 1760. The van der Waals surface area contributed by atoms with Crippen molar-refractivity contribution in [2.75, 3.05) is 19.8 Å². The molecular formula is C28H29F2N7O2. The molecule has 6 rings (SSSR count). The van der Waals surface area contributed by atoms with Crippen LogP contribution in [0.1, 0.15) is 35.3 Å². The summed E-state index contributed by atoms with van der Waals surface area (Å²) in [5.74, 6) is -0.298. The van der Waals surface area contributed by atoms with Gasteiger partial charge in [0.2, 0.25) is 0 Å². The van der Waals surface area contributed by atoms with E-state index in [9.17, 15) is 9.18 Å². The Hall–Kier alpha value is -4.09. The minimum Gasteiger partial charge on any atom is -0.380 e. The van der Waals surface area contributed by atoms with Gasteiger partial charge in [-0.3, -0.25) is 13.8 Å². The molecule has 0 spiro atoms. The zero-order valence-electron chi connectivity index (χ0n) is 22.2. The molecule has 0 saturated carbocycles. The van der Waals surface area contributed by atoms with Crippen LogP contribution in [0.4, 0.5) is 8.78 Å². The van der Waals surface area contributed by atoms with Crippen LogP contribution in [-0.2, 0) is 18.2 Å². The summed E-state index contributed by atoms with van der Waals surface area (Å²) in [4.78, 5) is 13.9. The van der Waals surface area contributed by atoms with Gasteiger partial charge in [0, 0.05) is 44.6 Å². The highest BCUT2D eigenvalue weighted by Crippen LogP contribution is 2.32. The van der Waals surface area contributed by atoms with Crippen molar-refractivity contribution in [3.8, 4) is 17.2 Å². The summed E-state index contributed by atoms with van der Waals surface area (Å²) in [5, 5.41) is 12.8. The second kappa shape index (κ2) is 9.58. The maximum atomic E-state index is 15.5. The van der Waals surface area contributed by atoms with E-state index in [1.54, 1.807) is 66.9 Å². The molecule has 0 unspecified atom stereocenters. The van der Waals surface area contributed by atoms with Crippen molar-refractivity contribution in [2.45, 2.75) is 33.2 Å². The van der Waals surface area contributed by atoms with Gasteiger partial charge in [-0.1, -0.05) is 0 Å². The summed E-state index contributed by atoms with van der Waals surface area (Å²) in [5.41, 5.74) is 3.54. The van der Waals surface area contributed by atoms with E-state index in [4.69, 9.17) is 9.84 Å². The number of rotatable bonds is 6. The molecule has 0 bridgehead atoms. The lowest BCUT2D eigenvalue weighted by Gasteiger charge is -2.24.